The lowest BCUT2D eigenvalue weighted by Crippen LogP contribution is -2.28. The zero-order valence-electron chi connectivity index (χ0n) is 21.2. The van der Waals surface area contributed by atoms with Crippen LogP contribution in [0.2, 0.25) is 0 Å². The summed E-state index contributed by atoms with van der Waals surface area (Å²) in [6.45, 7) is -0.0434. The predicted molar refractivity (Wildman–Crippen MR) is 162 cm³/mol. The number of fused-ring (bicyclic) bond motifs is 3. The number of rotatable bonds is 10. The zero-order valence-corrected chi connectivity index (χ0v) is 25.2. The number of benzene rings is 4. The van der Waals surface area contributed by atoms with Crippen molar-refractivity contribution in [3.8, 4) is 5.75 Å². The molecule has 0 saturated heterocycles. The van der Waals surface area contributed by atoms with Crippen molar-refractivity contribution < 1.29 is 22.3 Å². The Balaban J connectivity index is 1.26. The minimum Gasteiger partial charge on any atom is -0.484 e. The number of amides is 1. The molecule has 0 fully saturated rings. The van der Waals surface area contributed by atoms with Gasteiger partial charge in [0, 0.05) is 37.3 Å². The van der Waals surface area contributed by atoms with E-state index in [0.29, 0.717) is 6.54 Å². The fraction of sp³-hybridized carbons (Fsp3) is 0.167. The molecule has 0 aliphatic rings. The van der Waals surface area contributed by atoms with Gasteiger partial charge >= 0.3 is 0 Å². The summed E-state index contributed by atoms with van der Waals surface area (Å²) < 4.78 is 50.8. The Morgan fingerprint density at radius 1 is 0.875 bits per heavy atom. The molecule has 5 aromatic rings. The number of aromatic nitrogens is 1. The van der Waals surface area contributed by atoms with Crippen LogP contribution in [0.15, 0.2) is 105 Å². The molecule has 0 radical (unpaired) electrons. The summed E-state index contributed by atoms with van der Waals surface area (Å²) in [5.41, 5.74) is 2.58. The number of nitrogens with zero attached hydrogens (tertiary/aromatic N) is 1. The number of hydrogen-bond donors (Lipinski definition) is 1. The second kappa shape index (κ2) is 12.1. The van der Waals surface area contributed by atoms with E-state index >= 15 is 4.39 Å². The van der Waals surface area contributed by atoms with Crippen molar-refractivity contribution in [1.29, 1.82) is 0 Å². The summed E-state index contributed by atoms with van der Waals surface area (Å²) in [5.74, 6) is -0.821. The molecule has 40 heavy (non-hydrogen) atoms. The number of nitrogens with one attached hydrogen (secondary N) is 1. The summed E-state index contributed by atoms with van der Waals surface area (Å²) >= 11 is 7.00. The first-order valence-electron chi connectivity index (χ1n) is 12.5. The zero-order chi connectivity index (χ0) is 28.3. The number of hydrogen-bond acceptors (Lipinski definition) is 4. The molecular weight excluding hydrogens is 663 g/mol. The highest BCUT2D eigenvalue weighted by Crippen LogP contribution is 2.33. The molecule has 1 atom stereocenters. The second-order valence-corrected chi connectivity index (χ2v) is 13.2. The third-order valence-electron chi connectivity index (χ3n) is 6.44. The summed E-state index contributed by atoms with van der Waals surface area (Å²) in [4.78, 5) is 12.1. The molecule has 0 aliphatic carbocycles. The monoisotopic (exact) mass is 686 g/mol. The summed E-state index contributed by atoms with van der Waals surface area (Å²) in [5, 5.41) is 4.64. The summed E-state index contributed by atoms with van der Waals surface area (Å²) in [7, 11) is -3.97. The first kappa shape index (κ1) is 28.3. The van der Waals surface area contributed by atoms with E-state index in [1.54, 1.807) is 6.07 Å². The van der Waals surface area contributed by atoms with Gasteiger partial charge < -0.3 is 14.6 Å². The molecule has 0 aliphatic heterocycles. The van der Waals surface area contributed by atoms with Gasteiger partial charge in [-0.25, -0.2) is 12.8 Å². The Kier molecular flexibility index (Phi) is 8.58. The van der Waals surface area contributed by atoms with Gasteiger partial charge in [-0.3, -0.25) is 4.79 Å². The molecule has 4 aromatic carbocycles. The van der Waals surface area contributed by atoms with Gasteiger partial charge in [0.25, 0.3) is 5.91 Å². The largest absolute Gasteiger partial charge is 0.484 e. The van der Waals surface area contributed by atoms with Crippen LogP contribution in [0.1, 0.15) is 5.56 Å². The normalized spacial score (nSPS) is 12.5. The minimum absolute atomic E-state index is 0.0626. The minimum atomic E-state index is -3.97. The van der Waals surface area contributed by atoms with Crippen LogP contribution in [0.25, 0.3) is 21.8 Å². The molecule has 1 N–H and O–H groups in total. The Labute approximate surface area is 248 Å². The van der Waals surface area contributed by atoms with Crippen LogP contribution >= 0.6 is 31.9 Å². The van der Waals surface area contributed by atoms with Gasteiger partial charge in [0.05, 0.1) is 17.2 Å². The average Bonchev–Trinajstić information content (AvgIpc) is 3.22. The highest BCUT2D eigenvalue weighted by Gasteiger charge is 2.24. The SMILES string of the molecule is O=C(COc1cccc(S(=O)(=O)CC(F)Cn2c3ccc(Br)cc3c3cc(Br)ccc32)c1)NCc1ccccc1. The Hall–Kier alpha value is -3.21. The predicted octanol–water partition coefficient (Wildman–Crippen LogP) is 6.83. The fourth-order valence-electron chi connectivity index (χ4n) is 4.58. The highest BCUT2D eigenvalue weighted by atomic mass is 79.9. The number of sulfone groups is 1. The average molecular weight is 688 g/mol. The van der Waals surface area contributed by atoms with Crippen molar-refractivity contribution in [1.82, 2.24) is 9.88 Å². The second-order valence-electron chi connectivity index (χ2n) is 9.34. The topological polar surface area (TPSA) is 77.4 Å². The van der Waals surface area contributed by atoms with Crippen molar-refractivity contribution in [2.75, 3.05) is 12.4 Å². The third kappa shape index (κ3) is 6.56. The molecule has 6 nitrogen and oxygen atoms in total. The first-order chi connectivity index (χ1) is 19.2. The third-order valence-corrected chi connectivity index (χ3v) is 9.20. The lowest BCUT2D eigenvalue weighted by atomic mass is 10.2. The molecule has 0 saturated carbocycles. The molecule has 0 bridgehead atoms. The van der Waals surface area contributed by atoms with E-state index in [2.05, 4.69) is 37.2 Å². The number of carbonyl (C=O) groups excluding carboxylic acids is 1. The maximum Gasteiger partial charge on any atom is 0.258 e. The van der Waals surface area contributed by atoms with Gasteiger partial charge in [0.15, 0.2) is 16.4 Å². The molecule has 1 unspecified atom stereocenters. The van der Waals surface area contributed by atoms with Crippen molar-refractivity contribution in [2.45, 2.75) is 24.2 Å². The van der Waals surface area contributed by atoms with Crippen LogP contribution in [0, 0.1) is 0 Å². The lowest BCUT2D eigenvalue weighted by molar-refractivity contribution is -0.123. The standard InChI is InChI=1S/C30H25Br2FN2O4S/c31-21-9-11-28-26(13-21)27-14-22(32)10-12-29(27)35(28)17-23(33)19-40(37,38)25-8-4-7-24(15-25)39-18-30(36)34-16-20-5-2-1-3-6-20/h1-15,23H,16-19H2,(H,34,36). The summed E-state index contributed by atoms with van der Waals surface area (Å²) in [6, 6.07) is 26.7. The Bertz CT molecular complexity index is 1730. The number of alkyl halides is 1. The molecular formula is C30H25Br2FN2O4S. The van der Waals surface area contributed by atoms with E-state index in [9.17, 15) is 13.2 Å². The Morgan fingerprint density at radius 3 is 2.17 bits per heavy atom. The van der Waals surface area contributed by atoms with Gasteiger partial charge in [-0.15, -0.1) is 0 Å². The van der Waals surface area contributed by atoms with Gasteiger partial charge in [-0.05, 0) is 60.2 Å². The Morgan fingerprint density at radius 2 is 1.52 bits per heavy atom. The number of halogens is 3. The summed E-state index contributed by atoms with van der Waals surface area (Å²) in [6.07, 6.45) is -1.66. The molecule has 1 aromatic heterocycles. The van der Waals surface area contributed by atoms with E-state index in [4.69, 9.17) is 4.74 Å². The van der Waals surface area contributed by atoms with Gasteiger partial charge in [0.1, 0.15) is 11.9 Å². The van der Waals surface area contributed by atoms with Gasteiger partial charge in [-0.1, -0.05) is 68.3 Å². The molecule has 10 heteroatoms. The van der Waals surface area contributed by atoms with Crippen LogP contribution in [0.5, 0.6) is 5.75 Å². The quantitative estimate of drug-likeness (QED) is 0.175. The first-order valence-corrected chi connectivity index (χ1v) is 15.7. The fourth-order valence-corrected chi connectivity index (χ4v) is 6.66. The van der Waals surface area contributed by atoms with Crippen molar-refractivity contribution in [2.24, 2.45) is 0 Å². The molecule has 5 rings (SSSR count). The lowest BCUT2D eigenvalue weighted by Gasteiger charge is -2.14. The van der Waals surface area contributed by atoms with Crippen molar-refractivity contribution >= 4 is 69.4 Å². The number of ether oxygens (including phenoxy) is 1. The smallest absolute Gasteiger partial charge is 0.258 e. The van der Waals surface area contributed by atoms with Crippen molar-refractivity contribution in [3.05, 3.63) is 106 Å². The van der Waals surface area contributed by atoms with Crippen molar-refractivity contribution in [3.63, 3.8) is 0 Å². The molecule has 1 heterocycles. The highest BCUT2D eigenvalue weighted by molar-refractivity contribution is 9.10. The van der Waals surface area contributed by atoms with Gasteiger partial charge in [-0.2, -0.15) is 0 Å². The van der Waals surface area contributed by atoms with E-state index < -0.39 is 21.8 Å². The molecule has 0 spiro atoms. The van der Waals surface area contributed by atoms with E-state index in [1.165, 1.54) is 18.2 Å². The van der Waals surface area contributed by atoms with Crippen LogP contribution in [-0.4, -0.2) is 37.4 Å². The number of carbonyl (C=O) groups is 1. The van der Waals surface area contributed by atoms with Crippen LogP contribution < -0.4 is 10.1 Å². The maximum atomic E-state index is 15.4. The van der Waals surface area contributed by atoms with Gasteiger partial charge in [0.2, 0.25) is 0 Å². The van der Waals surface area contributed by atoms with E-state index in [1.807, 2.05) is 71.3 Å². The maximum absolute atomic E-state index is 15.4. The van der Waals surface area contributed by atoms with E-state index in [-0.39, 0.29) is 29.7 Å². The molecule has 206 valence electrons. The van der Waals surface area contributed by atoms with Crippen LogP contribution in [-0.2, 0) is 27.7 Å². The molecule has 1 amide bonds. The van der Waals surface area contributed by atoms with E-state index in [0.717, 1.165) is 36.3 Å². The van der Waals surface area contributed by atoms with Crippen LogP contribution in [0.3, 0.4) is 0 Å². The van der Waals surface area contributed by atoms with Crippen LogP contribution in [0.4, 0.5) is 4.39 Å².